The summed E-state index contributed by atoms with van der Waals surface area (Å²) in [4.78, 5) is 33.9. The lowest BCUT2D eigenvalue weighted by atomic mass is 10.1. The molecule has 5 N–H and O–H groups in total. The van der Waals surface area contributed by atoms with Gasteiger partial charge in [0.1, 0.15) is 6.04 Å². The van der Waals surface area contributed by atoms with Crippen LogP contribution in [0.3, 0.4) is 0 Å². The molecule has 1 saturated heterocycles. The van der Waals surface area contributed by atoms with Crippen molar-refractivity contribution in [2.45, 2.75) is 31.0 Å². The van der Waals surface area contributed by atoms with Crippen molar-refractivity contribution in [3.05, 3.63) is 0 Å². The van der Waals surface area contributed by atoms with Gasteiger partial charge in [-0.2, -0.15) is 0 Å². The van der Waals surface area contributed by atoms with Crippen molar-refractivity contribution >= 4 is 17.8 Å². The number of β-amino-alcohol motifs (C(OH)–C–C–N with tert-alkyl or cyclic N) is 1. The Bertz CT molecular complexity index is 344. The van der Waals surface area contributed by atoms with E-state index in [1.807, 2.05) is 0 Å². The predicted molar refractivity (Wildman–Crippen MR) is 54.0 cm³/mol. The van der Waals surface area contributed by atoms with Crippen molar-refractivity contribution in [3.63, 3.8) is 0 Å². The van der Waals surface area contributed by atoms with E-state index in [0.717, 1.165) is 4.90 Å². The number of nitrogens with two attached hydrogens (primary N) is 1. The molecule has 0 aromatic carbocycles. The van der Waals surface area contributed by atoms with E-state index in [1.165, 1.54) is 0 Å². The van der Waals surface area contributed by atoms with Crippen molar-refractivity contribution in [2.24, 2.45) is 5.73 Å². The molecule has 8 heteroatoms. The van der Waals surface area contributed by atoms with Crippen LogP contribution in [0.2, 0.25) is 0 Å². The average Bonchev–Trinajstić information content (AvgIpc) is 2.58. The fourth-order valence-corrected chi connectivity index (χ4v) is 1.78. The van der Waals surface area contributed by atoms with E-state index in [4.69, 9.17) is 15.9 Å². The Morgan fingerprint density at radius 2 is 1.94 bits per heavy atom. The quantitative estimate of drug-likeness (QED) is 0.442. The number of aliphatic carboxylic acids is 2. The van der Waals surface area contributed by atoms with Crippen LogP contribution in [-0.4, -0.2) is 62.8 Å². The number of hydrogen-bond acceptors (Lipinski definition) is 5. The molecule has 96 valence electrons. The summed E-state index contributed by atoms with van der Waals surface area (Å²) in [5.41, 5.74) is 5.36. The number of aliphatic hydroxyl groups excluding tert-OH is 1. The first-order valence-corrected chi connectivity index (χ1v) is 5.01. The first kappa shape index (κ1) is 13.4. The molecule has 0 saturated carbocycles. The molecule has 1 rings (SSSR count). The zero-order valence-electron chi connectivity index (χ0n) is 8.94. The van der Waals surface area contributed by atoms with Gasteiger partial charge in [-0.05, 0) is 0 Å². The van der Waals surface area contributed by atoms with Crippen LogP contribution in [0, 0.1) is 0 Å². The number of hydrogen-bond donors (Lipinski definition) is 4. The SMILES string of the molecule is NC(CC(=O)O)C(=O)N1C[C@H](O)C[C@H]1C(=O)O. The highest BCUT2D eigenvalue weighted by Gasteiger charge is 2.40. The van der Waals surface area contributed by atoms with Gasteiger partial charge in [-0.15, -0.1) is 0 Å². The Kier molecular flexibility index (Phi) is 4.02. The van der Waals surface area contributed by atoms with Crippen LogP contribution in [0.15, 0.2) is 0 Å². The summed E-state index contributed by atoms with van der Waals surface area (Å²) < 4.78 is 0. The van der Waals surface area contributed by atoms with Crippen LogP contribution in [0.4, 0.5) is 0 Å². The molecular weight excluding hydrogens is 232 g/mol. The number of rotatable bonds is 4. The van der Waals surface area contributed by atoms with Crippen LogP contribution >= 0.6 is 0 Å². The van der Waals surface area contributed by atoms with Gasteiger partial charge < -0.3 is 26.0 Å². The highest BCUT2D eigenvalue weighted by molar-refractivity contribution is 5.90. The Labute approximate surface area is 96.6 Å². The second-order valence-electron chi connectivity index (χ2n) is 3.94. The van der Waals surface area contributed by atoms with Gasteiger partial charge in [0.2, 0.25) is 5.91 Å². The molecule has 1 fully saturated rings. The molecule has 0 radical (unpaired) electrons. The molecule has 0 spiro atoms. The molecule has 0 aromatic rings. The number of aliphatic hydroxyl groups is 1. The minimum atomic E-state index is -1.29. The highest BCUT2D eigenvalue weighted by Crippen LogP contribution is 2.19. The normalized spacial score (nSPS) is 25.6. The summed E-state index contributed by atoms with van der Waals surface area (Å²) in [6.45, 7) is -0.136. The lowest BCUT2D eigenvalue weighted by Gasteiger charge is -2.23. The van der Waals surface area contributed by atoms with E-state index in [2.05, 4.69) is 0 Å². The summed E-state index contributed by atoms with van der Waals surface area (Å²) in [6.07, 6.45) is -1.56. The monoisotopic (exact) mass is 246 g/mol. The number of carbonyl (C=O) groups is 3. The van der Waals surface area contributed by atoms with Crippen LogP contribution in [0.25, 0.3) is 0 Å². The van der Waals surface area contributed by atoms with Gasteiger partial charge in [-0.1, -0.05) is 0 Å². The molecule has 1 aliphatic rings. The van der Waals surface area contributed by atoms with E-state index >= 15 is 0 Å². The largest absolute Gasteiger partial charge is 0.481 e. The van der Waals surface area contributed by atoms with Crippen molar-refractivity contribution in [1.82, 2.24) is 4.90 Å². The van der Waals surface area contributed by atoms with Gasteiger partial charge in [0.15, 0.2) is 0 Å². The third kappa shape index (κ3) is 3.14. The maximum atomic E-state index is 11.7. The number of likely N-dealkylation sites (tertiary alicyclic amines) is 1. The summed E-state index contributed by atoms with van der Waals surface area (Å²) >= 11 is 0. The Balaban J connectivity index is 2.73. The molecule has 8 nitrogen and oxygen atoms in total. The van der Waals surface area contributed by atoms with E-state index in [9.17, 15) is 19.5 Å². The van der Waals surface area contributed by atoms with Crippen molar-refractivity contribution in [2.75, 3.05) is 6.54 Å². The van der Waals surface area contributed by atoms with Gasteiger partial charge >= 0.3 is 11.9 Å². The third-order valence-electron chi connectivity index (χ3n) is 2.56. The van der Waals surface area contributed by atoms with Crippen molar-refractivity contribution in [3.8, 4) is 0 Å². The zero-order valence-corrected chi connectivity index (χ0v) is 8.94. The first-order valence-electron chi connectivity index (χ1n) is 5.01. The summed E-state index contributed by atoms with van der Waals surface area (Å²) in [5, 5.41) is 26.7. The van der Waals surface area contributed by atoms with Gasteiger partial charge in [-0.3, -0.25) is 9.59 Å². The van der Waals surface area contributed by atoms with Crippen LogP contribution in [0.1, 0.15) is 12.8 Å². The maximum Gasteiger partial charge on any atom is 0.326 e. The Hall–Kier alpha value is -1.67. The second kappa shape index (κ2) is 5.11. The topological polar surface area (TPSA) is 141 Å². The molecule has 1 aliphatic heterocycles. The lowest BCUT2D eigenvalue weighted by molar-refractivity contribution is -0.149. The smallest absolute Gasteiger partial charge is 0.326 e. The minimum Gasteiger partial charge on any atom is -0.481 e. The molecule has 1 amide bonds. The molecular formula is C9H14N2O6. The Morgan fingerprint density at radius 1 is 1.35 bits per heavy atom. The number of carboxylic acid groups (broad SMARTS) is 2. The van der Waals surface area contributed by atoms with E-state index in [-0.39, 0.29) is 13.0 Å². The second-order valence-corrected chi connectivity index (χ2v) is 3.94. The molecule has 1 heterocycles. The minimum absolute atomic E-state index is 0.0686. The fraction of sp³-hybridized carbons (Fsp3) is 0.667. The Morgan fingerprint density at radius 3 is 2.41 bits per heavy atom. The molecule has 0 aliphatic carbocycles. The predicted octanol–water partition coefficient (Wildman–Crippen LogP) is -2.17. The van der Waals surface area contributed by atoms with Gasteiger partial charge in [-0.25, -0.2) is 4.79 Å². The molecule has 0 aromatic heterocycles. The molecule has 1 unspecified atom stereocenters. The fourth-order valence-electron chi connectivity index (χ4n) is 1.78. The first-order chi connectivity index (χ1) is 7.82. The summed E-state index contributed by atoms with van der Waals surface area (Å²) in [6, 6.07) is -2.43. The summed E-state index contributed by atoms with van der Waals surface area (Å²) in [5.74, 6) is -3.24. The lowest BCUT2D eigenvalue weighted by Crippen LogP contribution is -2.49. The van der Waals surface area contributed by atoms with Gasteiger partial charge in [0, 0.05) is 13.0 Å². The number of nitrogens with zero attached hydrogens (tertiary/aromatic N) is 1. The standard InChI is InChI=1S/C9H14N2O6/c10-5(2-7(13)14)8(15)11-3-4(12)1-6(11)9(16)17/h4-6,12H,1-3,10H2,(H,13,14)(H,16,17)/t4-,5?,6+/m1/s1. The molecule has 17 heavy (non-hydrogen) atoms. The maximum absolute atomic E-state index is 11.7. The average molecular weight is 246 g/mol. The van der Waals surface area contributed by atoms with Crippen LogP contribution in [-0.2, 0) is 14.4 Å². The van der Waals surface area contributed by atoms with Crippen LogP contribution in [0.5, 0.6) is 0 Å². The number of carbonyl (C=O) groups excluding carboxylic acids is 1. The van der Waals surface area contributed by atoms with E-state index in [1.54, 1.807) is 0 Å². The number of amides is 1. The van der Waals surface area contributed by atoms with Gasteiger partial charge in [0.05, 0.1) is 18.6 Å². The highest BCUT2D eigenvalue weighted by atomic mass is 16.4. The zero-order chi connectivity index (χ0) is 13.2. The third-order valence-corrected chi connectivity index (χ3v) is 2.56. The van der Waals surface area contributed by atoms with E-state index in [0.29, 0.717) is 0 Å². The van der Waals surface area contributed by atoms with Crippen molar-refractivity contribution < 1.29 is 29.7 Å². The molecule has 3 atom stereocenters. The van der Waals surface area contributed by atoms with Crippen LogP contribution < -0.4 is 5.73 Å². The van der Waals surface area contributed by atoms with E-state index < -0.39 is 42.5 Å². The molecule has 0 bridgehead atoms. The van der Waals surface area contributed by atoms with Gasteiger partial charge in [0.25, 0.3) is 0 Å². The summed E-state index contributed by atoms with van der Waals surface area (Å²) in [7, 11) is 0. The van der Waals surface area contributed by atoms with Crippen molar-refractivity contribution in [1.29, 1.82) is 0 Å². The number of carboxylic acids is 2.